The van der Waals surface area contributed by atoms with E-state index in [1.807, 2.05) is 37.3 Å². The Morgan fingerprint density at radius 3 is 2.64 bits per heavy atom. The second-order valence-corrected chi connectivity index (χ2v) is 9.91. The van der Waals surface area contributed by atoms with Gasteiger partial charge in [-0.15, -0.1) is 6.42 Å². The molecular formula is C23H29N4O5P. The molecule has 0 saturated carbocycles. The number of hydrogen-bond acceptors (Lipinski definition) is 5. The Hall–Kier alpha value is -2.92. The molecule has 2 heterocycles. The monoisotopic (exact) mass is 472 g/mol. The number of hydrogen-bond donors (Lipinski definition) is 2. The van der Waals surface area contributed by atoms with Gasteiger partial charge in [-0.3, -0.25) is 13.9 Å². The number of H-pyrrole nitrogens is 1. The molecule has 0 aliphatic carbocycles. The fourth-order valence-corrected chi connectivity index (χ4v) is 4.92. The fraction of sp³-hybridized carbons (Fsp3) is 0.435. The first-order valence-corrected chi connectivity index (χ1v) is 12.7. The summed E-state index contributed by atoms with van der Waals surface area (Å²) in [5.41, 5.74) is 0.574. The molecular weight excluding hydrogens is 443 g/mol. The SMILES string of the molecule is C#CCn1c(=O)c2[nH]c(C(C)Cc3ccccc3)nc2n(CCCCP(=O)(O)OCC)c1=O. The molecule has 2 unspecified atom stereocenters. The molecule has 2 aromatic heterocycles. The summed E-state index contributed by atoms with van der Waals surface area (Å²) in [5, 5.41) is 0. The van der Waals surface area contributed by atoms with Crippen molar-refractivity contribution in [3.05, 3.63) is 62.6 Å². The predicted molar refractivity (Wildman–Crippen MR) is 128 cm³/mol. The number of unbranched alkanes of at least 4 members (excludes halogenated alkanes) is 1. The third kappa shape index (κ3) is 5.91. The van der Waals surface area contributed by atoms with E-state index in [1.165, 1.54) is 4.57 Å². The third-order valence-corrected chi connectivity index (χ3v) is 6.93. The molecule has 0 aliphatic rings. The second kappa shape index (κ2) is 10.8. The Balaban J connectivity index is 1.92. The normalized spacial score (nSPS) is 14.1. The zero-order valence-corrected chi connectivity index (χ0v) is 19.8. The molecule has 176 valence electrons. The van der Waals surface area contributed by atoms with Gasteiger partial charge in [0.1, 0.15) is 11.3 Å². The van der Waals surface area contributed by atoms with Crippen molar-refractivity contribution in [2.24, 2.45) is 0 Å². The minimum atomic E-state index is -3.64. The van der Waals surface area contributed by atoms with Gasteiger partial charge >= 0.3 is 13.3 Å². The van der Waals surface area contributed by atoms with Gasteiger partial charge in [0.2, 0.25) is 0 Å². The van der Waals surface area contributed by atoms with E-state index in [2.05, 4.69) is 15.9 Å². The van der Waals surface area contributed by atoms with Crippen molar-refractivity contribution in [1.82, 2.24) is 19.1 Å². The van der Waals surface area contributed by atoms with Crippen molar-refractivity contribution in [3.63, 3.8) is 0 Å². The summed E-state index contributed by atoms with van der Waals surface area (Å²) < 4.78 is 19.2. The first-order valence-electron chi connectivity index (χ1n) is 10.9. The molecule has 3 rings (SSSR count). The Kier molecular flexibility index (Phi) is 8.09. The molecule has 1 aromatic carbocycles. The summed E-state index contributed by atoms with van der Waals surface area (Å²) in [6, 6.07) is 9.93. The Morgan fingerprint density at radius 1 is 1.24 bits per heavy atom. The molecule has 0 radical (unpaired) electrons. The van der Waals surface area contributed by atoms with Crippen LogP contribution in [0.4, 0.5) is 0 Å². The third-order valence-electron chi connectivity index (χ3n) is 5.38. The highest BCUT2D eigenvalue weighted by Gasteiger charge is 2.21. The lowest BCUT2D eigenvalue weighted by Gasteiger charge is -2.12. The molecule has 0 amide bonds. The van der Waals surface area contributed by atoms with Crippen molar-refractivity contribution in [1.29, 1.82) is 0 Å². The first kappa shape index (κ1) is 24.7. The zero-order valence-electron chi connectivity index (χ0n) is 18.9. The van der Waals surface area contributed by atoms with Crippen LogP contribution in [-0.2, 0) is 28.6 Å². The molecule has 0 aliphatic heterocycles. The number of aromatic amines is 1. The minimum absolute atomic E-state index is 0.0113. The van der Waals surface area contributed by atoms with E-state index in [1.54, 1.807) is 6.92 Å². The number of aromatic nitrogens is 4. The van der Waals surface area contributed by atoms with Gasteiger partial charge in [0.15, 0.2) is 5.65 Å². The van der Waals surface area contributed by atoms with Crippen LogP contribution in [-0.4, -0.2) is 36.8 Å². The summed E-state index contributed by atoms with van der Waals surface area (Å²) >= 11 is 0. The summed E-state index contributed by atoms with van der Waals surface area (Å²) in [4.78, 5) is 43.4. The number of terminal acetylenes is 1. The van der Waals surface area contributed by atoms with Crippen LogP contribution in [0, 0.1) is 12.3 Å². The smallest absolute Gasteiger partial charge is 0.333 e. The molecule has 0 fully saturated rings. The Labute approximate surface area is 192 Å². The van der Waals surface area contributed by atoms with E-state index in [4.69, 9.17) is 10.9 Å². The highest BCUT2D eigenvalue weighted by molar-refractivity contribution is 7.52. The number of nitrogens with zero attached hydrogens (tertiary/aromatic N) is 3. The maximum Gasteiger partial charge on any atom is 0.333 e. The van der Waals surface area contributed by atoms with Crippen molar-refractivity contribution in [2.75, 3.05) is 12.8 Å². The number of benzene rings is 1. The predicted octanol–water partition coefficient (Wildman–Crippen LogP) is 2.87. The van der Waals surface area contributed by atoms with Gasteiger partial charge < -0.3 is 14.4 Å². The van der Waals surface area contributed by atoms with Crippen molar-refractivity contribution < 1.29 is 14.0 Å². The number of rotatable bonds is 11. The van der Waals surface area contributed by atoms with E-state index in [9.17, 15) is 19.0 Å². The average molecular weight is 472 g/mol. The van der Waals surface area contributed by atoms with Crippen LogP contribution in [0.15, 0.2) is 39.9 Å². The van der Waals surface area contributed by atoms with Crippen LogP contribution in [0.5, 0.6) is 0 Å². The summed E-state index contributed by atoms with van der Waals surface area (Å²) in [6.45, 7) is 3.88. The van der Waals surface area contributed by atoms with Crippen LogP contribution in [0.1, 0.15) is 44.0 Å². The van der Waals surface area contributed by atoms with E-state index in [0.717, 1.165) is 10.1 Å². The first-order chi connectivity index (χ1) is 15.8. The molecule has 33 heavy (non-hydrogen) atoms. The lowest BCUT2D eigenvalue weighted by Crippen LogP contribution is -2.40. The maximum absolute atomic E-state index is 13.0. The number of nitrogens with one attached hydrogen (secondary N) is 1. The largest absolute Gasteiger partial charge is 0.336 e. The van der Waals surface area contributed by atoms with Gasteiger partial charge in [-0.25, -0.2) is 14.3 Å². The van der Waals surface area contributed by atoms with Gasteiger partial charge in [-0.05, 0) is 31.7 Å². The fourth-order valence-electron chi connectivity index (χ4n) is 3.76. The molecule has 0 bridgehead atoms. The van der Waals surface area contributed by atoms with Crippen LogP contribution in [0.25, 0.3) is 11.2 Å². The molecule has 0 saturated heterocycles. The minimum Gasteiger partial charge on any atom is -0.336 e. The average Bonchev–Trinajstić information content (AvgIpc) is 3.22. The van der Waals surface area contributed by atoms with Crippen LogP contribution in [0.3, 0.4) is 0 Å². The lowest BCUT2D eigenvalue weighted by atomic mass is 10.0. The van der Waals surface area contributed by atoms with Crippen molar-refractivity contribution in [2.45, 2.75) is 52.1 Å². The van der Waals surface area contributed by atoms with Crippen molar-refractivity contribution >= 4 is 18.8 Å². The summed E-state index contributed by atoms with van der Waals surface area (Å²) in [5.74, 6) is 2.94. The van der Waals surface area contributed by atoms with Crippen molar-refractivity contribution in [3.8, 4) is 12.3 Å². The highest BCUT2D eigenvalue weighted by Crippen LogP contribution is 2.42. The standard InChI is InChI=1S/C23H29N4O5P/c1-4-13-27-22(28)19-21(25-20(24-19)17(3)16-18-11-7-6-8-12-18)26(23(27)29)14-9-10-15-33(30,31)32-5-2/h1,6-8,11-12,17H,5,9-10,13-16H2,2-3H3,(H,24,25)(H,30,31). The summed E-state index contributed by atoms with van der Waals surface area (Å²) in [6.07, 6.45) is 6.88. The maximum atomic E-state index is 13.0. The summed E-state index contributed by atoms with van der Waals surface area (Å²) in [7, 11) is -3.64. The van der Waals surface area contributed by atoms with Crippen LogP contribution >= 0.6 is 7.60 Å². The van der Waals surface area contributed by atoms with Gasteiger partial charge in [-0.2, -0.15) is 0 Å². The number of fused-ring (bicyclic) bond motifs is 1. The molecule has 10 heteroatoms. The van der Waals surface area contributed by atoms with E-state index in [-0.39, 0.29) is 42.9 Å². The van der Waals surface area contributed by atoms with E-state index >= 15 is 0 Å². The quantitative estimate of drug-likeness (QED) is 0.252. The molecule has 9 nitrogen and oxygen atoms in total. The molecule has 0 spiro atoms. The topological polar surface area (TPSA) is 119 Å². The highest BCUT2D eigenvalue weighted by atomic mass is 31.2. The zero-order chi connectivity index (χ0) is 24.0. The molecule has 2 N–H and O–H groups in total. The van der Waals surface area contributed by atoms with E-state index in [0.29, 0.717) is 25.1 Å². The molecule has 3 aromatic rings. The van der Waals surface area contributed by atoms with E-state index < -0.39 is 18.8 Å². The molecule has 2 atom stereocenters. The lowest BCUT2D eigenvalue weighted by molar-refractivity contribution is 0.272. The Morgan fingerprint density at radius 2 is 1.97 bits per heavy atom. The number of imidazole rings is 1. The van der Waals surface area contributed by atoms with Gasteiger partial charge in [0.05, 0.1) is 19.3 Å². The Bertz CT molecular complexity index is 1300. The number of aryl methyl sites for hydroxylation is 1. The van der Waals surface area contributed by atoms with Gasteiger partial charge in [0, 0.05) is 12.5 Å². The second-order valence-electron chi connectivity index (χ2n) is 7.93. The van der Waals surface area contributed by atoms with Gasteiger partial charge in [0.25, 0.3) is 5.56 Å². The van der Waals surface area contributed by atoms with Crippen LogP contribution < -0.4 is 11.2 Å². The van der Waals surface area contributed by atoms with Gasteiger partial charge in [-0.1, -0.05) is 43.2 Å². The van der Waals surface area contributed by atoms with Crippen LogP contribution in [0.2, 0.25) is 0 Å².